The molecule has 19 heavy (non-hydrogen) atoms. The molecule has 104 valence electrons. The van der Waals surface area contributed by atoms with Crippen LogP contribution in [0.2, 0.25) is 5.02 Å². The van der Waals surface area contributed by atoms with E-state index in [0.29, 0.717) is 17.1 Å². The van der Waals surface area contributed by atoms with Gasteiger partial charge in [0.1, 0.15) is 5.60 Å². The van der Waals surface area contributed by atoms with Gasteiger partial charge in [0.05, 0.1) is 16.5 Å². The maximum atomic E-state index is 11.7. The summed E-state index contributed by atoms with van der Waals surface area (Å²) in [6, 6.07) is 5.07. The first-order chi connectivity index (χ1) is 8.67. The molecule has 0 bridgehead atoms. The molecule has 0 aliphatic heterocycles. The molecule has 5 nitrogen and oxygen atoms in total. The van der Waals surface area contributed by atoms with Gasteiger partial charge in [0.2, 0.25) is 0 Å². The molecule has 1 rings (SSSR count). The second-order valence-electron chi connectivity index (χ2n) is 5.14. The van der Waals surface area contributed by atoms with E-state index in [9.17, 15) is 4.79 Å². The maximum absolute atomic E-state index is 11.7. The number of rotatable bonds is 3. The number of anilines is 1. The Bertz CT molecular complexity index is 495. The molecule has 0 aliphatic rings. The van der Waals surface area contributed by atoms with E-state index in [2.05, 4.69) is 5.32 Å². The largest absolute Gasteiger partial charge is 0.444 e. The predicted octanol–water partition coefficient (Wildman–Crippen LogP) is 3.17. The lowest BCUT2D eigenvalue weighted by Crippen LogP contribution is -2.27. The summed E-state index contributed by atoms with van der Waals surface area (Å²) in [4.78, 5) is 11.7. The van der Waals surface area contributed by atoms with E-state index >= 15 is 0 Å². The lowest BCUT2D eigenvalue weighted by molar-refractivity contribution is 0.0636. The minimum atomic E-state index is -0.576. The number of ether oxygens (including phenoxy) is 1. The first-order valence-electron chi connectivity index (χ1n) is 5.79. The van der Waals surface area contributed by atoms with Crippen LogP contribution in [0.5, 0.6) is 0 Å². The standard InChI is InChI=1S/C13H18ClN3O2/c1-13(2,3)19-12(18)17-10-6-8(7-11(15)16)4-5-9(10)14/h4-6H,7H2,1-3H3,(H3,15,16)(H,17,18). The molecule has 0 aromatic heterocycles. The number of benzene rings is 1. The van der Waals surface area contributed by atoms with Crippen molar-refractivity contribution in [3.63, 3.8) is 0 Å². The molecule has 0 spiro atoms. The number of amides is 1. The molecule has 0 heterocycles. The molecule has 1 aromatic carbocycles. The van der Waals surface area contributed by atoms with E-state index in [4.69, 9.17) is 27.5 Å². The Morgan fingerprint density at radius 3 is 2.63 bits per heavy atom. The normalized spacial score (nSPS) is 10.9. The molecule has 0 aliphatic carbocycles. The Morgan fingerprint density at radius 2 is 2.11 bits per heavy atom. The molecule has 4 N–H and O–H groups in total. The van der Waals surface area contributed by atoms with Gasteiger partial charge in [-0.25, -0.2) is 4.79 Å². The fourth-order valence-electron chi connectivity index (χ4n) is 1.41. The van der Waals surface area contributed by atoms with E-state index in [0.717, 1.165) is 5.56 Å². The van der Waals surface area contributed by atoms with Gasteiger partial charge in [-0.2, -0.15) is 0 Å². The van der Waals surface area contributed by atoms with E-state index in [-0.39, 0.29) is 5.84 Å². The Balaban J connectivity index is 2.82. The third-order valence-electron chi connectivity index (χ3n) is 2.06. The Kier molecular flexibility index (Phi) is 4.78. The van der Waals surface area contributed by atoms with Crippen LogP contribution < -0.4 is 11.1 Å². The number of hydrogen-bond acceptors (Lipinski definition) is 3. The molecule has 1 aromatic rings. The van der Waals surface area contributed by atoms with Crippen molar-refractivity contribution in [2.45, 2.75) is 32.8 Å². The number of carbonyl (C=O) groups is 1. The number of amidine groups is 1. The molecule has 0 unspecified atom stereocenters. The van der Waals surface area contributed by atoms with Crippen LogP contribution in [0.4, 0.5) is 10.5 Å². The average Bonchev–Trinajstić information content (AvgIpc) is 2.19. The fraction of sp³-hybridized carbons (Fsp3) is 0.385. The molecule has 0 saturated heterocycles. The third-order valence-corrected chi connectivity index (χ3v) is 2.39. The summed E-state index contributed by atoms with van der Waals surface area (Å²) in [5.41, 5.74) is 5.99. The van der Waals surface area contributed by atoms with Crippen molar-refractivity contribution in [1.29, 1.82) is 5.41 Å². The Labute approximate surface area is 117 Å². The van der Waals surface area contributed by atoms with Crippen molar-refractivity contribution >= 4 is 29.2 Å². The van der Waals surface area contributed by atoms with E-state index in [1.165, 1.54) is 0 Å². The van der Waals surface area contributed by atoms with Crippen molar-refractivity contribution in [2.75, 3.05) is 5.32 Å². The SMILES string of the molecule is CC(C)(C)OC(=O)Nc1cc(CC(=N)N)ccc1Cl. The van der Waals surface area contributed by atoms with Gasteiger partial charge in [0.25, 0.3) is 0 Å². The zero-order chi connectivity index (χ0) is 14.6. The van der Waals surface area contributed by atoms with Crippen molar-refractivity contribution in [3.05, 3.63) is 28.8 Å². The van der Waals surface area contributed by atoms with Crippen molar-refractivity contribution in [1.82, 2.24) is 0 Å². The minimum Gasteiger partial charge on any atom is -0.444 e. The van der Waals surface area contributed by atoms with Gasteiger partial charge in [0, 0.05) is 6.42 Å². The highest BCUT2D eigenvalue weighted by Crippen LogP contribution is 2.24. The van der Waals surface area contributed by atoms with Crippen LogP contribution in [0.1, 0.15) is 26.3 Å². The average molecular weight is 284 g/mol. The maximum Gasteiger partial charge on any atom is 0.412 e. The fourth-order valence-corrected chi connectivity index (χ4v) is 1.58. The number of hydrogen-bond donors (Lipinski definition) is 3. The highest BCUT2D eigenvalue weighted by molar-refractivity contribution is 6.33. The molecular formula is C13H18ClN3O2. The Morgan fingerprint density at radius 1 is 1.47 bits per heavy atom. The van der Waals surface area contributed by atoms with Gasteiger partial charge >= 0.3 is 6.09 Å². The van der Waals surface area contributed by atoms with Gasteiger partial charge in [-0.1, -0.05) is 17.7 Å². The van der Waals surface area contributed by atoms with Crippen molar-refractivity contribution < 1.29 is 9.53 Å². The van der Waals surface area contributed by atoms with Gasteiger partial charge in [-0.15, -0.1) is 0 Å². The molecule has 1 amide bonds. The Hall–Kier alpha value is -1.75. The van der Waals surface area contributed by atoms with Crippen molar-refractivity contribution in [3.8, 4) is 0 Å². The second-order valence-corrected chi connectivity index (χ2v) is 5.55. The number of carbonyl (C=O) groups excluding carboxylic acids is 1. The lowest BCUT2D eigenvalue weighted by Gasteiger charge is -2.20. The highest BCUT2D eigenvalue weighted by Gasteiger charge is 2.17. The van der Waals surface area contributed by atoms with Gasteiger partial charge in [-0.05, 0) is 38.5 Å². The number of nitrogens with two attached hydrogens (primary N) is 1. The summed E-state index contributed by atoms with van der Waals surface area (Å²) >= 11 is 5.99. The van der Waals surface area contributed by atoms with Crippen LogP contribution in [-0.4, -0.2) is 17.5 Å². The lowest BCUT2D eigenvalue weighted by atomic mass is 10.1. The van der Waals surface area contributed by atoms with Crippen LogP contribution in [0.15, 0.2) is 18.2 Å². The quantitative estimate of drug-likeness (QED) is 0.588. The van der Waals surface area contributed by atoms with Gasteiger partial charge in [-0.3, -0.25) is 10.7 Å². The number of nitrogens with one attached hydrogen (secondary N) is 2. The minimum absolute atomic E-state index is 0.0468. The summed E-state index contributed by atoms with van der Waals surface area (Å²) in [6.45, 7) is 5.33. The molecule has 0 saturated carbocycles. The first kappa shape index (κ1) is 15.3. The third kappa shape index (κ3) is 5.61. The van der Waals surface area contributed by atoms with Gasteiger partial charge < -0.3 is 10.5 Å². The van der Waals surface area contributed by atoms with E-state index in [1.54, 1.807) is 39.0 Å². The summed E-state index contributed by atoms with van der Waals surface area (Å²) in [7, 11) is 0. The molecule has 0 atom stereocenters. The molecular weight excluding hydrogens is 266 g/mol. The van der Waals surface area contributed by atoms with E-state index in [1.807, 2.05) is 0 Å². The van der Waals surface area contributed by atoms with Crippen LogP contribution in [0, 0.1) is 5.41 Å². The zero-order valence-electron chi connectivity index (χ0n) is 11.2. The molecule has 6 heteroatoms. The summed E-state index contributed by atoms with van der Waals surface area (Å²) < 4.78 is 5.14. The first-order valence-corrected chi connectivity index (χ1v) is 6.16. The van der Waals surface area contributed by atoms with Crippen LogP contribution in [-0.2, 0) is 11.2 Å². The van der Waals surface area contributed by atoms with Crippen LogP contribution >= 0.6 is 11.6 Å². The summed E-state index contributed by atoms with van der Waals surface area (Å²) in [5.74, 6) is 0.0468. The topological polar surface area (TPSA) is 88.2 Å². The zero-order valence-corrected chi connectivity index (χ0v) is 12.0. The molecule has 0 fully saturated rings. The smallest absolute Gasteiger partial charge is 0.412 e. The van der Waals surface area contributed by atoms with Crippen molar-refractivity contribution in [2.24, 2.45) is 5.73 Å². The highest BCUT2D eigenvalue weighted by atomic mass is 35.5. The summed E-state index contributed by atoms with van der Waals surface area (Å²) in [5, 5.41) is 10.2. The predicted molar refractivity (Wildman–Crippen MR) is 76.9 cm³/mol. The number of halogens is 1. The molecule has 0 radical (unpaired) electrons. The summed E-state index contributed by atoms with van der Waals surface area (Å²) in [6.07, 6.45) is -0.269. The monoisotopic (exact) mass is 283 g/mol. The van der Waals surface area contributed by atoms with Crippen LogP contribution in [0.25, 0.3) is 0 Å². The van der Waals surface area contributed by atoms with Gasteiger partial charge in [0.15, 0.2) is 0 Å². The second kappa shape index (κ2) is 5.93. The van der Waals surface area contributed by atoms with E-state index < -0.39 is 11.7 Å². The van der Waals surface area contributed by atoms with Crippen LogP contribution in [0.3, 0.4) is 0 Å².